The molecular weight excluding hydrogens is 495 g/mol. The van der Waals surface area contributed by atoms with E-state index in [2.05, 4.69) is 10.0 Å². The Labute approximate surface area is 200 Å². The summed E-state index contributed by atoms with van der Waals surface area (Å²) in [4.78, 5) is 12.5. The van der Waals surface area contributed by atoms with Gasteiger partial charge in [0.15, 0.2) is 0 Å². The molecule has 1 amide bonds. The van der Waals surface area contributed by atoms with Crippen LogP contribution in [0.4, 0.5) is 24.5 Å². The Morgan fingerprint density at radius 1 is 0.941 bits per heavy atom. The monoisotopic (exact) mass is 515 g/mol. The second-order valence-electron chi connectivity index (χ2n) is 7.05. The Balaban J connectivity index is 0.00000408. The molecule has 0 saturated carbocycles. The minimum atomic E-state index is -4.42. The number of sulfonamides is 1. The van der Waals surface area contributed by atoms with Gasteiger partial charge in [0.2, 0.25) is 10.0 Å². The van der Waals surface area contributed by atoms with E-state index in [0.29, 0.717) is 11.1 Å². The van der Waals surface area contributed by atoms with Crippen LogP contribution >= 0.6 is 12.4 Å². The standard InChI is InChI=1S/C22H20F3N3O4S.ClH/c23-22(24,25)17-7-5-15(6-8-17)14-1-3-16(4-2-14)21(30)27-18-9-10-20(29)19(13-18)28-33(31,32)12-11-26;/h1-10,13,28-29H,11-12,26H2,(H,27,30);1H. The van der Waals surface area contributed by atoms with Gasteiger partial charge in [0.05, 0.1) is 17.0 Å². The van der Waals surface area contributed by atoms with E-state index in [1.807, 2.05) is 0 Å². The number of carbonyl (C=O) groups is 1. The van der Waals surface area contributed by atoms with Gasteiger partial charge in [-0.15, -0.1) is 12.4 Å². The van der Waals surface area contributed by atoms with E-state index in [1.165, 1.54) is 42.5 Å². The molecule has 0 aliphatic rings. The Hall–Kier alpha value is -3.28. The van der Waals surface area contributed by atoms with Crippen molar-refractivity contribution in [2.24, 2.45) is 5.73 Å². The molecule has 3 aromatic carbocycles. The molecular formula is C22H21ClF3N3O4S. The first-order valence-electron chi connectivity index (χ1n) is 9.61. The predicted molar refractivity (Wildman–Crippen MR) is 127 cm³/mol. The lowest BCUT2D eigenvalue weighted by atomic mass is 10.0. The van der Waals surface area contributed by atoms with Crippen LogP contribution in [0.25, 0.3) is 11.1 Å². The maximum atomic E-state index is 12.7. The summed E-state index contributed by atoms with van der Waals surface area (Å²) in [6, 6.07) is 14.8. The molecule has 0 aromatic heterocycles. The number of nitrogens with two attached hydrogens (primary N) is 1. The van der Waals surface area contributed by atoms with Gasteiger partial charge in [-0.3, -0.25) is 9.52 Å². The summed E-state index contributed by atoms with van der Waals surface area (Å²) in [5.41, 5.74) is 6.08. The number of halogens is 4. The number of hydrogen-bond donors (Lipinski definition) is 4. The Morgan fingerprint density at radius 2 is 1.50 bits per heavy atom. The van der Waals surface area contributed by atoms with Crippen LogP contribution in [-0.4, -0.2) is 31.7 Å². The number of phenols is 1. The van der Waals surface area contributed by atoms with Crippen molar-refractivity contribution < 1.29 is 31.5 Å². The zero-order chi connectivity index (χ0) is 24.2. The lowest BCUT2D eigenvalue weighted by Gasteiger charge is -2.12. The zero-order valence-electron chi connectivity index (χ0n) is 17.5. The second-order valence-corrected chi connectivity index (χ2v) is 8.89. The highest BCUT2D eigenvalue weighted by molar-refractivity contribution is 7.92. The van der Waals surface area contributed by atoms with E-state index in [4.69, 9.17) is 5.73 Å². The molecule has 0 bridgehead atoms. The van der Waals surface area contributed by atoms with E-state index < -0.39 is 27.7 Å². The summed E-state index contributed by atoms with van der Waals surface area (Å²) < 4.78 is 64.1. The minimum Gasteiger partial charge on any atom is -0.506 e. The first-order chi connectivity index (χ1) is 15.5. The van der Waals surface area contributed by atoms with Gasteiger partial charge in [0.1, 0.15) is 5.75 Å². The largest absolute Gasteiger partial charge is 0.506 e. The predicted octanol–water partition coefficient (Wildman–Crippen LogP) is 4.45. The van der Waals surface area contributed by atoms with Crippen LogP contribution in [0.2, 0.25) is 0 Å². The number of phenolic OH excluding ortho intramolecular Hbond substituents is 1. The maximum Gasteiger partial charge on any atom is 0.416 e. The van der Waals surface area contributed by atoms with Gasteiger partial charge in [0, 0.05) is 17.8 Å². The number of carbonyl (C=O) groups excluding carboxylic acids is 1. The molecule has 34 heavy (non-hydrogen) atoms. The van der Waals surface area contributed by atoms with Crippen LogP contribution in [0.5, 0.6) is 5.75 Å². The number of hydrogen-bond acceptors (Lipinski definition) is 5. The number of alkyl halides is 3. The highest BCUT2D eigenvalue weighted by Crippen LogP contribution is 2.31. The molecule has 7 nitrogen and oxygen atoms in total. The van der Waals surface area contributed by atoms with Crippen molar-refractivity contribution in [3.05, 3.63) is 77.9 Å². The highest BCUT2D eigenvalue weighted by Gasteiger charge is 2.29. The van der Waals surface area contributed by atoms with Gasteiger partial charge >= 0.3 is 6.18 Å². The van der Waals surface area contributed by atoms with Crippen LogP contribution in [0.3, 0.4) is 0 Å². The zero-order valence-corrected chi connectivity index (χ0v) is 19.1. The molecule has 0 saturated heterocycles. The number of benzene rings is 3. The fourth-order valence-corrected chi connectivity index (χ4v) is 3.85. The summed E-state index contributed by atoms with van der Waals surface area (Å²) in [7, 11) is -3.76. The molecule has 0 aliphatic heterocycles. The number of rotatable bonds is 7. The third-order valence-electron chi connectivity index (χ3n) is 4.60. The lowest BCUT2D eigenvalue weighted by Crippen LogP contribution is -2.22. The summed E-state index contributed by atoms with van der Waals surface area (Å²) in [5.74, 6) is -1.17. The maximum absolute atomic E-state index is 12.7. The molecule has 0 spiro atoms. The number of nitrogens with one attached hydrogen (secondary N) is 2. The Kier molecular flexibility index (Phi) is 8.54. The molecule has 3 aromatic rings. The van der Waals surface area contributed by atoms with E-state index in [1.54, 1.807) is 12.1 Å². The second kappa shape index (κ2) is 10.8. The van der Waals surface area contributed by atoms with Crippen LogP contribution in [0.15, 0.2) is 66.7 Å². The summed E-state index contributed by atoms with van der Waals surface area (Å²) >= 11 is 0. The minimum absolute atomic E-state index is 0. The van der Waals surface area contributed by atoms with Gasteiger partial charge in [-0.05, 0) is 53.6 Å². The van der Waals surface area contributed by atoms with E-state index in [0.717, 1.165) is 12.1 Å². The first-order valence-corrected chi connectivity index (χ1v) is 11.3. The molecule has 182 valence electrons. The molecule has 5 N–H and O–H groups in total. The summed E-state index contributed by atoms with van der Waals surface area (Å²) in [6.07, 6.45) is -4.42. The number of amides is 1. The molecule has 12 heteroatoms. The Morgan fingerprint density at radius 3 is 2.03 bits per heavy atom. The number of anilines is 2. The normalized spacial score (nSPS) is 11.4. The van der Waals surface area contributed by atoms with E-state index >= 15 is 0 Å². The molecule has 0 atom stereocenters. The first kappa shape index (κ1) is 27.0. The fraction of sp³-hybridized carbons (Fsp3) is 0.136. The average molecular weight is 516 g/mol. The fourth-order valence-electron chi connectivity index (χ4n) is 2.94. The Bertz CT molecular complexity index is 1250. The smallest absolute Gasteiger partial charge is 0.416 e. The van der Waals surface area contributed by atoms with Gasteiger partial charge in [-0.1, -0.05) is 24.3 Å². The molecule has 0 fully saturated rings. The molecule has 3 rings (SSSR count). The molecule has 0 heterocycles. The van der Waals surface area contributed by atoms with Crippen LogP contribution in [-0.2, 0) is 16.2 Å². The van der Waals surface area contributed by atoms with Crippen molar-refractivity contribution in [2.45, 2.75) is 6.18 Å². The van der Waals surface area contributed by atoms with Gasteiger partial charge in [0.25, 0.3) is 5.91 Å². The van der Waals surface area contributed by atoms with E-state index in [9.17, 15) is 31.5 Å². The SMILES string of the molecule is Cl.NCCS(=O)(=O)Nc1cc(NC(=O)c2ccc(-c3ccc(C(F)(F)F)cc3)cc2)ccc1O. The van der Waals surface area contributed by atoms with Crippen molar-refractivity contribution in [3.8, 4) is 16.9 Å². The molecule has 0 radical (unpaired) electrons. The highest BCUT2D eigenvalue weighted by atomic mass is 35.5. The van der Waals surface area contributed by atoms with Crippen LogP contribution in [0, 0.1) is 0 Å². The third kappa shape index (κ3) is 6.86. The van der Waals surface area contributed by atoms with Crippen LogP contribution < -0.4 is 15.8 Å². The topological polar surface area (TPSA) is 122 Å². The van der Waals surface area contributed by atoms with Crippen molar-refractivity contribution in [2.75, 3.05) is 22.3 Å². The van der Waals surface area contributed by atoms with Crippen molar-refractivity contribution >= 4 is 39.7 Å². The number of aromatic hydroxyl groups is 1. The van der Waals surface area contributed by atoms with Gasteiger partial charge in [-0.25, -0.2) is 8.42 Å². The van der Waals surface area contributed by atoms with E-state index in [-0.39, 0.29) is 47.4 Å². The van der Waals surface area contributed by atoms with Gasteiger partial charge in [-0.2, -0.15) is 13.2 Å². The van der Waals surface area contributed by atoms with Crippen molar-refractivity contribution in [1.29, 1.82) is 0 Å². The third-order valence-corrected chi connectivity index (χ3v) is 5.90. The van der Waals surface area contributed by atoms with Crippen molar-refractivity contribution in [3.63, 3.8) is 0 Å². The molecule has 0 aliphatic carbocycles. The van der Waals surface area contributed by atoms with Gasteiger partial charge < -0.3 is 16.2 Å². The van der Waals surface area contributed by atoms with Crippen molar-refractivity contribution in [1.82, 2.24) is 0 Å². The average Bonchev–Trinajstić information content (AvgIpc) is 2.75. The molecule has 0 unspecified atom stereocenters. The lowest BCUT2D eigenvalue weighted by molar-refractivity contribution is -0.137. The summed E-state index contributed by atoms with van der Waals surface area (Å²) in [6.45, 7) is -0.102. The van der Waals surface area contributed by atoms with Crippen LogP contribution in [0.1, 0.15) is 15.9 Å². The quantitative estimate of drug-likeness (QED) is 0.273. The summed E-state index contributed by atoms with van der Waals surface area (Å²) in [5, 5.41) is 12.5.